The third kappa shape index (κ3) is 3.78. The summed E-state index contributed by atoms with van der Waals surface area (Å²) < 4.78 is 33.0. The number of benzene rings is 1. The second-order valence-corrected chi connectivity index (χ2v) is 7.66. The number of rotatable bonds is 5. The molecule has 2 heterocycles. The van der Waals surface area contributed by atoms with Crippen LogP contribution in [0, 0.1) is 20.8 Å². The Morgan fingerprint density at radius 2 is 1.76 bits per heavy atom. The summed E-state index contributed by atoms with van der Waals surface area (Å²) in [5.41, 5.74) is 4.04. The van der Waals surface area contributed by atoms with E-state index in [1.807, 2.05) is 25.1 Å². The van der Waals surface area contributed by atoms with Crippen molar-refractivity contribution in [2.45, 2.75) is 32.2 Å². The van der Waals surface area contributed by atoms with Crippen molar-refractivity contribution in [3.05, 3.63) is 65.3 Å². The first-order valence-electron chi connectivity index (χ1n) is 7.80. The third-order valence-electron chi connectivity index (χ3n) is 3.92. The predicted molar refractivity (Wildman–Crippen MR) is 94.4 cm³/mol. The van der Waals surface area contributed by atoms with Crippen LogP contribution in [-0.2, 0) is 16.6 Å². The number of pyridine rings is 1. The molecule has 25 heavy (non-hydrogen) atoms. The molecule has 0 saturated heterocycles. The van der Waals surface area contributed by atoms with E-state index in [2.05, 4.69) is 14.9 Å². The molecule has 1 aromatic carbocycles. The van der Waals surface area contributed by atoms with E-state index in [1.54, 1.807) is 38.4 Å². The Bertz CT molecular complexity index is 996. The molecule has 2 aromatic heterocycles. The monoisotopic (exact) mass is 357 g/mol. The minimum absolute atomic E-state index is 0.0809. The zero-order valence-corrected chi connectivity index (χ0v) is 15.1. The van der Waals surface area contributed by atoms with Crippen molar-refractivity contribution in [1.29, 1.82) is 0 Å². The van der Waals surface area contributed by atoms with Crippen molar-refractivity contribution >= 4 is 10.0 Å². The molecule has 0 atom stereocenters. The highest BCUT2D eigenvalue weighted by molar-refractivity contribution is 7.89. The van der Waals surface area contributed by atoms with E-state index >= 15 is 0 Å². The lowest BCUT2D eigenvalue weighted by molar-refractivity contribution is 0.390. The summed E-state index contributed by atoms with van der Waals surface area (Å²) >= 11 is 0. The van der Waals surface area contributed by atoms with E-state index in [0.717, 1.165) is 16.7 Å². The van der Waals surface area contributed by atoms with Crippen molar-refractivity contribution in [2.75, 3.05) is 0 Å². The van der Waals surface area contributed by atoms with E-state index in [0.29, 0.717) is 17.0 Å². The van der Waals surface area contributed by atoms with Crippen LogP contribution in [0.2, 0.25) is 0 Å². The standard InChI is InChI=1S/C18H19N3O3S/c1-12-8-13(2)18(10-17(12)15-4-6-19-7-5-15)25(22,23)20-11-16-9-14(3)24-21-16/h4-10,20H,11H2,1-3H3. The maximum atomic E-state index is 12.7. The van der Waals surface area contributed by atoms with Crippen LogP contribution in [0.15, 0.2) is 52.1 Å². The normalized spacial score (nSPS) is 11.6. The second kappa shape index (κ2) is 6.78. The maximum absolute atomic E-state index is 12.7. The SMILES string of the molecule is Cc1cc(CNS(=O)(=O)c2cc(-c3ccncc3)c(C)cc2C)no1. The van der Waals surface area contributed by atoms with E-state index in [1.165, 1.54) is 0 Å². The predicted octanol–water partition coefficient (Wildman–Crippen LogP) is 3.14. The number of aromatic nitrogens is 2. The van der Waals surface area contributed by atoms with Gasteiger partial charge in [-0.3, -0.25) is 4.98 Å². The minimum atomic E-state index is -3.67. The first kappa shape index (κ1) is 17.3. The van der Waals surface area contributed by atoms with Gasteiger partial charge >= 0.3 is 0 Å². The molecule has 130 valence electrons. The maximum Gasteiger partial charge on any atom is 0.241 e. The van der Waals surface area contributed by atoms with Crippen LogP contribution >= 0.6 is 0 Å². The molecule has 1 N–H and O–H groups in total. The molecular weight excluding hydrogens is 338 g/mol. The van der Waals surface area contributed by atoms with E-state index < -0.39 is 10.0 Å². The zero-order chi connectivity index (χ0) is 18.0. The molecule has 0 bridgehead atoms. The highest BCUT2D eigenvalue weighted by atomic mass is 32.2. The topological polar surface area (TPSA) is 85.1 Å². The van der Waals surface area contributed by atoms with Crippen LogP contribution in [0.3, 0.4) is 0 Å². The molecule has 0 radical (unpaired) electrons. The molecule has 0 amide bonds. The lowest BCUT2D eigenvalue weighted by atomic mass is 10.00. The van der Waals surface area contributed by atoms with Crippen LogP contribution in [0.4, 0.5) is 0 Å². The van der Waals surface area contributed by atoms with Gasteiger partial charge in [0.25, 0.3) is 0 Å². The summed E-state index contributed by atoms with van der Waals surface area (Å²) in [6.45, 7) is 5.59. The molecule has 6 nitrogen and oxygen atoms in total. The lowest BCUT2D eigenvalue weighted by Gasteiger charge is -2.13. The molecule has 0 fully saturated rings. The molecule has 0 spiro atoms. The number of nitrogens with zero attached hydrogens (tertiary/aromatic N) is 2. The number of sulfonamides is 1. The smallest absolute Gasteiger partial charge is 0.241 e. The summed E-state index contributed by atoms with van der Waals surface area (Å²) in [5.74, 6) is 0.640. The third-order valence-corrected chi connectivity index (χ3v) is 5.47. The molecule has 0 unspecified atom stereocenters. The van der Waals surface area contributed by atoms with Gasteiger partial charge in [-0.25, -0.2) is 13.1 Å². The Labute approximate surface area is 147 Å². The van der Waals surface area contributed by atoms with E-state index in [4.69, 9.17) is 4.52 Å². The van der Waals surface area contributed by atoms with E-state index in [-0.39, 0.29) is 11.4 Å². The van der Waals surface area contributed by atoms with Gasteiger partial charge in [-0.05, 0) is 61.2 Å². The Kier molecular flexibility index (Phi) is 4.69. The quantitative estimate of drug-likeness (QED) is 0.758. The number of nitrogens with one attached hydrogen (secondary N) is 1. The second-order valence-electron chi connectivity index (χ2n) is 5.92. The molecule has 0 aliphatic heterocycles. The summed E-state index contributed by atoms with van der Waals surface area (Å²) in [6.07, 6.45) is 3.38. The van der Waals surface area contributed by atoms with Gasteiger partial charge in [0.15, 0.2) is 0 Å². The Morgan fingerprint density at radius 3 is 2.40 bits per heavy atom. The Morgan fingerprint density at radius 1 is 1.04 bits per heavy atom. The fourth-order valence-electron chi connectivity index (χ4n) is 2.71. The average Bonchev–Trinajstić information content (AvgIpc) is 2.99. The van der Waals surface area contributed by atoms with Gasteiger partial charge in [0.1, 0.15) is 5.76 Å². The minimum Gasteiger partial charge on any atom is -0.361 e. The molecule has 7 heteroatoms. The van der Waals surface area contributed by atoms with Crippen LogP contribution in [0.25, 0.3) is 11.1 Å². The summed E-state index contributed by atoms with van der Waals surface area (Å²) in [4.78, 5) is 4.26. The molecular formula is C18H19N3O3S. The van der Waals surface area contributed by atoms with Crippen molar-refractivity contribution in [1.82, 2.24) is 14.9 Å². The lowest BCUT2D eigenvalue weighted by Crippen LogP contribution is -2.24. The summed E-state index contributed by atoms with van der Waals surface area (Å²) in [6, 6.07) is 9.01. The largest absolute Gasteiger partial charge is 0.361 e. The zero-order valence-electron chi connectivity index (χ0n) is 14.3. The average molecular weight is 357 g/mol. The van der Waals surface area contributed by atoms with Crippen LogP contribution in [-0.4, -0.2) is 18.6 Å². The van der Waals surface area contributed by atoms with Crippen molar-refractivity contribution in [2.24, 2.45) is 0 Å². The van der Waals surface area contributed by atoms with Gasteiger partial charge < -0.3 is 4.52 Å². The number of aryl methyl sites for hydroxylation is 3. The molecule has 0 saturated carbocycles. The van der Waals surface area contributed by atoms with Gasteiger partial charge in [-0.1, -0.05) is 11.2 Å². The fourth-order valence-corrected chi connectivity index (χ4v) is 3.96. The van der Waals surface area contributed by atoms with Gasteiger partial charge in [-0.2, -0.15) is 0 Å². The first-order chi connectivity index (χ1) is 11.9. The fraction of sp³-hybridized carbons (Fsp3) is 0.222. The number of hydrogen-bond acceptors (Lipinski definition) is 5. The van der Waals surface area contributed by atoms with Crippen molar-refractivity contribution in [3.63, 3.8) is 0 Å². The summed E-state index contributed by atoms with van der Waals surface area (Å²) in [7, 11) is -3.67. The van der Waals surface area contributed by atoms with Crippen molar-refractivity contribution < 1.29 is 12.9 Å². The van der Waals surface area contributed by atoms with Crippen LogP contribution in [0.1, 0.15) is 22.6 Å². The van der Waals surface area contributed by atoms with Gasteiger partial charge in [0, 0.05) is 18.5 Å². The van der Waals surface area contributed by atoms with Crippen molar-refractivity contribution in [3.8, 4) is 11.1 Å². The van der Waals surface area contributed by atoms with Gasteiger partial charge in [0.2, 0.25) is 10.0 Å². The molecule has 0 aliphatic rings. The number of hydrogen-bond donors (Lipinski definition) is 1. The van der Waals surface area contributed by atoms with Gasteiger partial charge in [0.05, 0.1) is 17.1 Å². The molecule has 0 aliphatic carbocycles. The highest BCUT2D eigenvalue weighted by Gasteiger charge is 2.19. The Hall–Kier alpha value is -2.51. The molecule has 3 aromatic rings. The highest BCUT2D eigenvalue weighted by Crippen LogP contribution is 2.28. The molecule has 3 rings (SSSR count). The first-order valence-corrected chi connectivity index (χ1v) is 9.28. The van der Waals surface area contributed by atoms with Gasteiger partial charge in [-0.15, -0.1) is 0 Å². The van der Waals surface area contributed by atoms with Crippen LogP contribution in [0.5, 0.6) is 0 Å². The summed E-state index contributed by atoms with van der Waals surface area (Å²) in [5, 5.41) is 3.81. The Balaban J connectivity index is 1.95. The van der Waals surface area contributed by atoms with E-state index in [9.17, 15) is 8.42 Å². The van der Waals surface area contributed by atoms with Crippen LogP contribution < -0.4 is 4.72 Å².